The van der Waals surface area contributed by atoms with Gasteiger partial charge in [0, 0.05) is 0 Å². The Labute approximate surface area is 126 Å². The van der Waals surface area contributed by atoms with E-state index in [-0.39, 0.29) is 0 Å². The van der Waals surface area contributed by atoms with Crippen molar-refractivity contribution in [3.63, 3.8) is 0 Å². The average molecular weight is 274 g/mol. The smallest absolute Gasteiger partial charge is 0.0317 e. The van der Waals surface area contributed by atoms with Crippen LogP contribution in [0.3, 0.4) is 0 Å². The van der Waals surface area contributed by atoms with Gasteiger partial charge < -0.3 is 0 Å². The normalized spacial score (nSPS) is 43.1. The fourth-order valence-electron chi connectivity index (χ4n) is 5.26. The molecule has 1 unspecified atom stereocenters. The maximum Gasteiger partial charge on any atom is -0.0317 e. The van der Waals surface area contributed by atoms with Gasteiger partial charge in [0.15, 0.2) is 0 Å². The molecule has 0 spiro atoms. The van der Waals surface area contributed by atoms with Crippen LogP contribution in [0.5, 0.6) is 0 Å². The standard InChI is InChI=1S/C20H34/c1-15-3-7-17(8-4-15)19-11-13-20(14-12-19)18-9-5-16(2)6-10-18/h3,16-20H,4-14H2,1-2H3. The van der Waals surface area contributed by atoms with Crippen LogP contribution in [-0.2, 0) is 0 Å². The van der Waals surface area contributed by atoms with Crippen molar-refractivity contribution >= 4 is 0 Å². The summed E-state index contributed by atoms with van der Waals surface area (Å²) in [5.74, 6) is 5.31. The molecule has 0 radical (unpaired) electrons. The molecule has 2 saturated carbocycles. The number of allylic oxidation sites excluding steroid dienone is 2. The van der Waals surface area contributed by atoms with Gasteiger partial charge in [-0.15, -0.1) is 0 Å². The minimum Gasteiger partial charge on any atom is -0.0853 e. The second-order valence-electron chi connectivity index (χ2n) is 8.28. The molecule has 20 heavy (non-hydrogen) atoms. The third-order valence-electron chi connectivity index (χ3n) is 6.89. The molecular weight excluding hydrogens is 240 g/mol. The van der Waals surface area contributed by atoms with Crippen LogP contribution in [0.4, 0.5) is 0 Å². The van der Waals surface area contributed by atoms with Crippen LogP contribution in [0.1, 0.15) is 84.5 Å². The Morgan fingerprint density at radius 1 is 0.700 bits per heavy atom. The van der Waals surface area contributed by atoms with E-state index in [1.807, 2.05) is 0 Å². The third kappa shape index (κ3) is 3.49. The number of hydrogen-bond acceptors (Lipinski definition) is 0. The molecule has 0 heterocycles. The molecule has 0 bridgehead atoms. The Hall–Kier alpha value is -0.260. The summed E-state index contributed by atoms with van der Waals surface area (Å²) >= 11 is 0. The van der Waals surface area contributed by atoms with Gasteiger partial charge in [-0.25, -0.2) is 0 Å². The van der Waals surface area contributed by atoms with Crippen molar-refractivity contribution in [2.45, 2.75) is 84.5 Å². The van der Waals surface area contributed by atoms with E-state index >= 15 is 0 Å². The van der Waals surface area contributed by atoms with Crippen LogP contribution in [0, 0.1) is 29.6 Å². The fourth-order valence-corrected chi connectivity index (χ4v) is 5.26. The van der Waals surface area contributed by atoms with Gasteiger partial charge >= 0.3 is 0 Å². The van der Waals surface area contributed by atoms with E-state index in [1.54, 1.807) is 44.1 Å². The molecule has 0 amide bonds. The van der Waals surface area contributed by atoms with Gasteiger partial charge in [-0.3, -0.25) is 0 Å². The molecule has 3 aliphatic rings. The van der Waals surface area contributed by atoms with Crippen molar-refractivity contribution in [2.75, 3.05) is 0 Å². The Balaban J connectivity index is 1.45. The quantitative estimate of drug-likeness (QED) is 0.513. The van der Waals surface area contributed by atoms with Gasteiger partial charge in [-0.2, -0.15) is 0 Å². The summed E-state index contributed by atoms with van der Waals surface area (Å²) < 4.78 is 0. The molecule has 0 aromatic carbocycles. The topological polar surface area (TPSA) is 0 Å². The zero-order chi connectivity index (χ0) is 13.9. The summed E-state index contributed by atoms with van der Waals surface area (Å²) in [6.07, 6.45) is 19.1. The minimum atomic E-state index is 1.01. The molecule has 114 valence electrons. The summed E-state index contributed by atoms with van der Waals surface area (Å²) in [6, 6.07) is 0. The maximum atomic E-state index is 2.53. The van der Waals surface area contributed by atoms with Crippen molar-refractivity contribution < 1.29 is 0 Å². The van der Waals surface area contributed by atoms with E-state index in [0.29, 0.717) is 0 Å². The lowest BCUT2D eigenvalue weighted by molar-refractivity contribution is 0.124. The van der Waals surface area contributed by atoms with Crippen molar-refractivity contribution in [2.24, 2.45) is 29.6 Å². The lowest BCUT2D eigenvalue weighted by atomic mass is 9.66. The Bertz CT molecular complexity index is 324. The molecular formula is C20H34. The van der Waals surface area contributed by atoms with E-state index in [4.69, 9.17) is 0 Å². The number of hydrogen-bond donors (Lipinski definition) is 0. The highest BCUT2D eigenvalue weighted by Gasteiger charge is 2.32. The van der Waals surface area contributed by atoms with Crippen LogP contribution in [0.25, 0.3) is 0 Å². The van der Waals surface area contributed by atoms with Crippen molar-refractivity contribution in [1.29, 1.82) is 0 Å². The van der Waals surface area contributed by atoms with Crippen LogP contribution in [0.2, 0.25) is 0 Å². The van der Waals surface area contributed by atoms with Crippen LogP contribution < -0.4 is 0 Å². The van der Waals surface area contributed by atoms with Gasteiger partial charge in [-0.1, -0.05) is 31.4 Å². The van der Waals surface area contributed by atoms with Gasteiger partial charge in [0.2, 0.25) is 0 Å². The third-order valence-corrected chi connectivity index (χ3v) is 6.89. The first-order valence-corrected chi connectivity index (χ1v) is 9.38. The van der Waals surface area contributed by atoms with E-state index in [9.17, 15) is 0 Å². The predicted octanol–water partition coefficient (Wildman–Crippen LogP) is 6.37. The van der Waals surface area contributed by atoms with Crippen LogP contribution in [0.15, 0.2) is 11.6 Å². The summed E-state index contributed by atoms with van der Waals surface area (Å²) in [5, 5.41) is 0. The van der Waals surface area contributed by atoms with Crippen molar-refractivity contribution in [3.8, 4) is 0 Å². The second kappa shape index (κ2) is 6.67. The van der Waals surface area contributed by atoms with E-state index in [1.165, 1.54) is 32.1 Å². The highest BCUT2D eigenvalue weighted by Crippen LogP contribution is 2.44. The van der Waals surface area contributed by atoms with E-state index < -0.39 is 0 Å². The molecule has 0 saturated heterocycles. The Morgan fingerprint density at radius 3 is 1.70 bits per heavy atom. The second-order valence-corrected chi connectivity index (χ2v) is 8.28. The first-order chi connectivity index (χ1) is 9.72. The predicted molar refractivity (Wildman–Crippen MR) is 87.7 cm³/mol. The average Bonchev–Trinajstić information content (AvgIpc) is 2.49. The summed E-state index contributed by atoms with van der Waals surface area (Å²) in [7, 11) is 0. The molecule has 0 aromatic rings. The Morgan fingerprint density at radius 2 is 1.20 bits per heavy atom. The van der Waals surface area contributed by atoms with Crippen molar-refractivity contribution in [3.05, 3.63) is 11.6 Å². The van der Waals surface area contributed by atoms with Gasteiger partial charge in [0.05, 0.1) is 0 Å². The van der Waals surface area contributed by atoms with Crippen molar-refractivity contribution in [1.82, 2.24) is 0 Å². The molecule has 0 aliphatic heterocycles. The van der Waals surface area contributed by atoms with E-state index in [2.05, 4.69) is 19.9 Å². The molecule has 0 heteroatoms. The van der Waals surface area contributed by atoms with Gasteiger partial charge in [0.1, 0.15) is 0 Å². The summed E-state index contributed by atoms with van der Waals surface area (Å²) in [5.41, 5.74) is 1.64. The monoisotopic (exact) mass is 274 g/mol. The molecule has 0 nitrogen and oxygen atoms in total. The molecule has 3 aliphatic carbocycles. The Kier molecular flexibility index (Phi) is 4.89. The van der Waals surface area contributed by atoms with E-state index in [0.717, 1.165) is 29.6 Å². The molecule has 0 N–H and O–H groups in total. The molecule has 1 atom stereocenters. The first kappa shape index (κ1) is 14.7. The molecule has 2 fully saturated rings. The van der Waals surface area contributed by atoms with Gasteiger partial charge in [-0.05, 0) is 94.3 Å². The minimum absolute atomic E-state index is 1.01. The fraction of sp³-hybridized carbons (Fsp3) is 0.900. The van der Waals surface area contributed by atoms with Gasteiger partial charge in [0.25, 0.3) is 0 Å². The molecule has 0 aromatic heterocycles. The summed E-state index contributed by atoms with van der Waals surface area (Å²) in [4.78, 5) is 0. The lowest BCUT2D eigenvalue weighted by Crippen LogP contribution is -2.28. The molecule has 3 rings (SSSR count). The first-order valence-electron chi connectivity index (χ1n) is 9.38. The maximum absolute atomic E-state index is 2.53. The zero-order valence-corrected chi connectivity index (χ0v) is 13.7. The lowest BCUT2D eigenvalue weighted by Gasteiger charge is -2.40. The highest BCUT2D eigenvalue weighted by molar-refractivity contribution is 5.04. The van der Waals surface area contributed by atoms with Crippen LogP contribution in [-0.4, -0.2) is 0 Å². The van der Waals surface area contributed by atoms with Crippen LogP contribution >= 0.6 is 0 Å². The summed E-state index contributed by atoms with van der Waals surface area (Å²) in [6.45, 7) is 4.77. The zero-order valence-electron chi connectivity index (χ0n) is 13.7. The SMILES string of the molecule is CC1=CCC(C2CCC(C3CCC(C)CC3)CC2)CC1. The largest absolute Gasteiger partial charge is 0.0853 e. The highest BCUT2D eigenvalue weighted by atomic mass is 14.4. The number of rotatable bonds is 2.